The lowest BCUT2D eigenvalue weighted by molar-refractivity contribution is -0.121. The number of hydrogen-bond donors (Lipinski definition) is 0. The summed E-state index contributed by atoms with van der Waals surface area (Å²) >= 11 is 0. The van der Waals surface area contributed by atoms with E-state index < -0.39 is 5.41 Å². The Labute approximate surface area is 79.0 Å². The highest BCUT2D eigenvalue weighted by Gasteiger charge is 2.37. The molecule has 1 aliphatic carbocycles. The van der Waals surface area contributed by atoms with Crippen LogP contribution in [-0.4, -0.2) is 12.4 Å². The first-order valence-electron chi connectivity index (χ1n) is 4.43. The maximum absolute atomic E-state index is 11.5. The average molecular weight is 178 g/mol. The van der Waals surface area contributed by atoms with Crippen LogP contribution in [-0.2, 0) is 9.53 Å². The topological polar surface area (TPSA) is 26.3 Å². The van der Waals surface area contributed by atoms with Crippen LogP contribution >= 0.6 is 0 Å². The Morgan fingerprint density at radius 1 is 1.77 bits per heavy atom. The zero-order valence-electron chi connectivity index (χ0n) is 8.09. The molecular weight excluding hydrogens is 164 g/mol. The van der Waals surface area contributed by atoms with E-state index in [2.05, 4.69) is 5.92 Å². The second-order valence-electron chi connectivity index (χ2n) is 3.53. The van der Waals surface area contributed by atoms with Crippen LogP contribution in [0.1, 0.15) is 26.7 Å². The summed E-state index contributed by atoms with van der Waals surface area (Å²) in [6, 6.07) is 0. The molecule has 0 bridgehead atoms. The number of ketones is 1. The molecule has 0 fully saturated rings. The van der Waals surface area contributed by atoms with Crippen molar-refractivity contribution in [1.29, 1.82) is 0 Å². The Bertz CT molecular complexity index is 283. The van der Waals surface area contributed by atoms with Crippen molar-refractivity contribution in [2.24, 2.45) is 5.41 Å². The highest BCUT2D eigenvalue weighted by atomic mass is 16.5. The van der Waals surface area contributed by atoms with Crippen LogP contribution in [0.2, 0.25) is 0 Å². The van der Waals surface area contributed by atoms with Crippen molar-refractivity contribution < 1.29 is 9.53 Å². The van der Waals surface area contributed by atoms with Gasteiger partial charge in [-0.1, -0.05) is 6.92 Å². The van der Waals surface area contributed by atoms with Gasteiger partial charge < -0.3 is 4.74 Å². The second-order valence-corrected chi connectivity index (χ2v) is 3.53. The normalized spacial score (nSPS) is 26.8. The lowest BCUT2D eigenvalue weighted by atomic mass is 9.83. The number of allylic oxidation sites excluding steroid dienone is 2. The Hall–Kier alpha value is -1.23. The van der Waals surface area contributed by atoms with Gasteiger partial charge in [0.1, 0.15) is 5.76 Å². The van der Waals surface area contributed by atoms with E-state index >= 15 is 0 Å². The molecule has 0 saturated heterocycles. The second kappa shape index (κ2) is 3.66. The maximum Gasteiger partial charge on any atom is 0.166 e. The molecule has 1 atom stereocenters. The minimum Gasteiger partial charge on any atom is -0.498 e. The number of hydrogen-bond acceptors (Lipinski definition) is 2. The first-order valence-corrected chi connectivity index (χ1v) is 4.43. The standard InChI is InChI=1S/C11H14O2/c1-4-6-11(3)8-9(13-5-2)7-10(11)12/h1,7H,5-6,8H2,2-3H3. The number of ether oxygens (including phenoxy) is 1. The van der Waals surface area contributed by atoms with Crippen LogP contribution in [0, 0.1) is 17.8 Å². The number of carbonyl (C=O) groups is 1. The molecule has 2 heteroatoms. The Balaban J connectivity index is 2.69. The van der Waals surface area contributed by atoms with Crippen molar-refractivity contribution in [1.82, 2.24) is 0 Å². The smallest absolute Gasteiger partial charge is 0.166 e. The minimum atomic E-state index is -0.417. The Morgan fingerprint density at radius 3 is 3.00 bits per heavy atom. The first-order chi connectivity index (χ1) is 6.12. The molecule has 2 nitrogen and oxygen atoms in total. The molecule has 0 saturated carbocycles. The van der Waals surface area contributed by atoms with Crippen molar-refractivity contribution in [2.75, 3.05) is 6.61 Å². The van der Waals surface area contributed by atoms with E-state index in [-0.39, 0.29) is 5.78 Å². The van der Waals surface area contributed by atoms with Crippen molar-refractivity contribution in [3.63, 3.8) is 0 Å². The molecule has 0 aromatic heterocycles. The monoisotopic (exact) mass is 178 g/mol. The highest BCUT2D eigenvalue weighted by Crippen LogP contribution is 2.37. The summed E-state index contributed by atoms with van der Waals surface area (Å²) in [6.45, 7) is 4.39. The van der Waals surface area contributed by atoms with E-state index in [4.69, 9.17) is 11.2 Å². The fourth-order valence-corrected chi connectivity index (χ4v) is 1.50. The summed E-state index contributed by atoms with van der Waals surface area (Å²) in [5, 5.41) is 0. The molecular formula is C11H14O2. The number of carbonyl (C=O) groups excluding carboxylic acids is 1. The van der Waals surface area contributed by atoms with Gasteiger partial charge in [0.05, 0.1) is 6.61 Å². The van der Waals surface area contributed by atoms with Gasteiger partial charge in [-0.2, -0.15) is 0 Å². The fourth-order valence-electron chi connectivity index (χ4n) is 1.50. The van der Waals surface area contributed by atoms with Gasteiger partial charge in [0, 0.05) is 24.3 Å². The molecule has 70 valence electrons. The number of rotatable bonds is 3. The molecule has 13 heavy (non-hydrogen) atoms. The van der Waals surface area contributed by atoms with Gasteiger partial charge in [0.15, 0.2) is 5.78 Å². The van der Waals surface area contributed by atoms with E-state index in [1.54, 1.807) is 6.08 Å². The third-order valence-electron chi connectivity index (χ3n) is 2.27. The van der Waals surface area contributed by atoms with Gasteiger partial charge in [-0.3, -0.25) is 4.79 Å². The molecule has 0 amide bonds. The van der Waals surface area contributed by atoms with Gasteiger partial charge in [0.2, 0.25) is 0 Å². The van der Waals surface area contributed by atoms with Crippen LogP contribution in [0.3, 0.4) is 0 Å². The van der Waals surface area contributed by atoms with Crippen LogP contribution in [0.25, 0.3) is 0 Å². The predicted octanol–water partition coefficient (Wildman–Crippen LogP) is 1.91. The molecule has 0 N–H and O–H groups in total. The zero-order chi connectivity index (χ0) is 9.90. The maximum atomic E-state index is 11.5. The molecule has 0 aromatic rings. The van der Waals surface area contributed by atoms with E-state index in [0.717, 1.165) is 5.76 Å². The third kappa shape index (κ3) is 1.92. The molecule has 0 aromatic carbocycles. The molecule has 0 spiro atoms. The van der Waals surface area contributed by atoms with Crippen LogP contribution in [0.15, 0.2) is 11.8 Å². The minimum absolute atomic E-state index is 0.0916. The van der Waals surface area contributed by atoms with E-state index in [1.165, 1.54) is 0 Å². The fraction of sp³-hybridized carbons (Fsp3) is 0.545. The Kier molecular flexibility index (Phi) is 2.77. The first kappa shape index (κ1) is 9.85. The molecule has 1 rings (SSSR count). The van der Waals surface area contributed by atoms with Crippen molar-refractivity contribution >= 4 is 5.78 Å². The largest absolute Gasteiger partial charge is 0.498 e. The molecule has 0 heterocycles. The summed E-state index contributed by atoms with van der Waals surface area (Å²) in [6.07, 6.45) is 7.91. The summed E-state index contributed by atoms with van der Waals surface area (Å²) in [7, 11) is 0. The van der Waals surface area contributed by atoms with Crippen molar-refractivity contribution in [2.45, 2.75) is 26.7 Å². The van der Waals surface area contributed by atoms with Gasteiger partial charge in [-0.15, -0.1) is 12.3 Å². The molecule has 1 aliphatic rings. The van der Waals surface area contributed by atoms with Gasteiger partial charge in [-0.25, -0.2) is 0 Å². The average Bonchev–Trinajstić information content (AvgIpc) is 2.29. The summed E-state index contributed by atoms with van der Waals surface area (Å²) in [4.78, 5) is 11.5. The van der Waals surface area contributed by atoms with E-state index in [9.17, 15) is 4.79 Å². The van der Waals surface area contributed by atoms with E-state index in [1.807, 2.05) is 13.8 Å². The summed E-state index contributed by atoms with van der Waals surface area (Å²) in [5.74, 6) is 3.39. The zero-order valence-corrected chi connectivity index (χ0v) is 8.09. The van der Waals surface area contributed by atoms with Gasteiger partial charge in [0.25, 0.3) is 0 Å². The SMILES string of the molecule is C#CCC1(C)CC(OCC)=CC1=O. The lowest BCUT2D eigenvalue weighted by Gasteiger charge is -2.18. The van der Waals surface area contributed by atoms with Crippen LogP contribution in [0.5, 0.6) is 0 Å². The highest BCUT2D eigenvalue weighted by molar-refractivity contribution is 5.97. The summed E-state index contributed by atoms with van der Waals surface area (Å²) in [5.41, 5.74) is -0.417. The van der Waals surface area contributed by atoms with Crippen LogP contribution < -0.4 is 0 Å². The lowest BCUT2D eigenvalue weighted by Crippen LogP contribution is -2.21. The molecule has 0 aliphatic heterocycles. The number of terminal acetylenes is 1. The van der Waals surface area contributed by atoms with Gasteiger partial charge >= 0.3 is 0 Å². The van der Waals surface area contributed by atoms with E-state index in [0.29, 0.717) is 19.4 Å². The van der Waals surface area contributed by atoms with Gasteiger partial charge in [-0.05, 0) is 6.92 Å². The molecule has 0 radical (unpaired) electrons. The van der Waals surface area contributed by atoms with Crippen molar-refractivity contribution in [3.05, 3.63) is 11.8 Å². The third-order valence-corrected chi connectivity index (χ3v) is 2.27. The van der Waals surface area contributed by atoms with Crippen molar-refractivity contribution in [3.8, 4) is 12.3 Å². The van der Waals surface area contributed by atoms with Crippen LogP contribution in [0.4, 0.5) is 0 Å². The molecule has 1 unspecified atom stereocenters. The summed E-state index contributed by atoms with van der Waals surface area (Å²) < 4.78 is 5.29. The predicted molar refractivity (Wildman–Crippen MR) is 50.9 cm³/mol. The quantitative estimate of drug-likeness (QED) is 0.617. The Morgan fingerprint density at radius 2 is 2.46 bits per heavy atom.